The Balaban J connectivity index is 1.66. The molecule has 1 aromatic carbocycles. The number of nitrogens with zero attached hydrogens (tertiary/aromatic N) is 4. The summed E-state index contributed by atoms with van der Waals surface area (Å²) in [6, 6.07) is 13.7. The van der Waals surface area contributed by atoms with Gasteiger partial charge >= 0.3 is 0 Å². The third-order valence-corrected chi connectivity index (χ3v) is 5.31. The summed E-state index contributed by atoms with van der Waals surface area (Å²) in [5, 5.41) is 9.15. The van der Waals surface area contributed by atoms with Gasteiger partial charge < -0.3 is 9.32 Å². The lowest BCUT2D eigenvalue weighted by molar-refractivity contribution is -0.128. The highest BCUT2D eigenvalue weighted by Crippen LogP contribution is 2.25. The highest BCUT2D eigenvalue weighted by atomic mass is 32.2. The van der Waals surface area contributed by atoms with E-state index in [-0.39, 0.29) is 11.9 Å². The molecule has 0 spiro atoms. The molecular weight excluding hydrogens is 348 g/mol. The number of hydrogen-bond acceptors (Lipinski definition) is 5. The van der Waals surface area contributed by atoms with Gasteiger partial charge in [-0.2, -0.15) is 0 Å². The molecule has 0 aliphatic heterocycles. The molecular formula is C19H22N4O2S. The molecule has 6 nitrogen and oxygen atoms in total. The van der Waals surface area contributed by atoms with Crippen LogP contribution in [0.15, 0.2) is 58.3 Å². The molecule has 0 bridgehead atoms. The summed E-state index contributed by atoms with van der Waals surface area (Å²) in [5.74, 6) is 1.71. The molecule has 0 aliphatic carbocycles. The van der Waals surface area contributed by atoms with Crippen LogP contribution in [0.3, 0.4) is 0 Å². The van der Waals surface area contributed by atoms with Crippen molar-refractivity contribution in [1.82, 2.24) is 19.7 Å². The maximum Gasteiger partial charge on any atom is 0.233 e. The predicted octanol–water partition coefficient (Wildman–Crippen LogP) is 3.87. The minimum absolute atomic E-state index is 0.0204. The fraction of sp³-hybridized carbons (Fsp3) is 0.316. The number of furan rings is 1. The van der Waals surface area contributed by atoms with Crippen LogP contribution in [-0.4, -0.2) is 38.4 Å². The summed E-state index contributed by atoms with van der Waals surface area (Å²) in [7, 11) is 1.83. The number of hydrogen-bond donors (Lipinski definition) is 0. The van der Waals surface area contributed by atoms with Crippen LogP contribution in [0.25, 0.3) is 11.6 Å². The zero-order valence-corrected chi connectivity index (χ0v) is 15.9. The van der Waals surface area contributed by atoms with E-state index >= 15 is 0 Å². The second-order valence-electron chi connectivity index (χ2n) is 5.91. The van der Waals surface area contributed by atoms with Gasteiger partial charge in [-0.3, -0.25) is 9.36 Å². The van der Waals surface area contributed by atoms with Gasteiger partial charge in [0.15, 0.2) is 16.7 Å². The first-order chi connectivity index (χ1) is 12.6. The SMILES string of the molecule is CCn1c(SCC(=O)N(C)C(C)c2ccccc2)nnc1-c1ccco1. The van der Waals surface area contributed by atoms with Crippen molar-refractivity contribution in [3.05, 3.63) is 54.3 Å². The van der Waals surface area contributed by atoms with Crippen LogP contribution in [0, 0.1) is 0 Å². The molecule has 0 saturated heterocycles. The van der Waals surface area contributed by atoms with Gasteiger partial charge in [0.2, 0.25) is 5.91 Å². The van der Waals surface area contributed by atoms with Crippen LogP contribution < -0.4 is 0 Å². The zero-order valence-electron chi connectivity index (χ0n) is 15.1. The van der Waals surface area contributed by atoms with Crippen LogP contribution in [0.1, 0.15) is 25.5 Å². The van der Waals surface area contributed by atoms with Gasteiger partial charge in [-0.1, -0.05) is 42.1 Å². The van der Waals surface area contributed by atoms with Crippen LogP contribution in [0.5, 0.6) is 0 Å². The molecule has 1 unspecified atom stereocenters. The molecule has 2 heterocycles. The van der Waals surface area contributed by atoms with E-state index in [0.29, 0.717) is 29.0 Å². The monoisotopic (exact) mass is 370 g/mol. The first-order valence-electron chi connectivity index (χ1n) is 8.52. The van der Waals surface area contributed by atoms with Crippen molar-refractivity contribution in [2.45, 2.75) is 31.6 Å². The lowest BCUT2D eigenvalue weighted by atomic mass is 10.1. The topological polar surface area (TPSA) is 64.2 Å². The Hall–Kier alpha value is -2.54. The number of benzene rings is 1. The molecule has 2 aromatic heterocycles. The van der Waals surface area contributed by atoms with Crippen LogP contribution >= 0.6 is 11.8 Å². The third kappa shape index (κ3) is 3.83. The summed E-state index contributed by atoms with van der Waals surface area (Å²) >= 11 is 1.40. The van der Waals surface area contributed by atoms with E-state index in [1.165, 1.54) is 11.8 Å². The molecule has 0 aliphatic rings. The van der Waals surface area contributed by atoms with Crippen molar-refractivity contribution in [2.75, 3.05) is 12.8 Å². The molecule has 7 heteroatoms. The fourth-order valence-electron chi connectivity index (χ4n) is 2.67. The summed E-state index contributed by atoms with van der Waals surface area (Å²) < 4.78 is 7.37. The Bertz CT molecular complexity index is 846. The van der Waals surface area contributed by atoms with Crippen LogP contribution in [-0.2, 0) is 11.3 Å². The minimum Gasteiger partial charge on any atom is -0.461 e. The summed E-state index contributed by atoms with van der Waals surface area (Å²) in [4.78, 5) is 14.4. The largest absolute Gasteiger partial charge is 0.461 e. The number of amides is 1. The van der Waals surface area contributed by atoms with Crippen molar-refractivity contribution in [3.63, 3.8) is 0 Å². The van der Waals surface area contributed by atoms with E-state index in [0.717, 1.165) is 5.56 Å². The number of aromatic nitrogens is 3. The molecule has 136 valence electrons. The molecule has 1 atom stereocenters. The van der Waals surface area contributed by atoms with Crippen molar-refractivity contribution < 1.29 is 9.21 Å². The number of thioether (sulfide) groups is 1. The highest BCUT2D eigenvalue weighted by molar-refractivity contribution is 7.99. The van der Waals surface area contributed by atoms with Gasteiger partial charge in [-0.05, 0) is 31.5 Å². The molecule has 3 aromatic rings. The first-order valence-corrected chi connectivity index (χ1v) is 9.50. The lowest BCUT2D eigenvalue weighted by Gasteiger charge is -2.25. The second kappa shape index (κ2) is 8.23. The predicted molar refractivity (Wildman–Crippen MR) is 102 cm³/mol. The van der Waals surface area contributed by atoms with Gasteiger partial charge in [-0.15, -0.1) is 10.2 Å². The molecule has 26 heavy (non-hydrogen) atoms. The van der Waals surface area contributed by atoms with Crippen LogP contribution in [0.2, 0.25) is 0 Å². The Morgan fingerprint density at radius 3 is 2.65 bits per heavy atom. The van der Waals surface area contributed by atoms with Gasteiger partial charge in [-0.25, -0.2) is 0 Å². The summed E-state index contributed by atoms with van der Waals surface area (Å²) in [5.41, 5.74) is 1.12. The Kier molecular flexibility index (Phi) is 5.78. The second-order valence-corrected chi connectivity index (χ2v) is 6.85. The standard InChI is InChI=1S/C19H22N4O2S/c1-4-23-18(16-11-8-12-25-16)20-21-19(23)26-13-17(24)22(3)14(2)15-9-6-5-7-10-15/h5-12,14H,4,13H2,1-3H3. The number of rotatable bonds is 7. The Morgan fingerprint density at radius 1 is 1.23 bits per heavy atom. The average molecular weight is 370 g/mol. The summed E-state index contributed by atoms with van der Waals surface area (Å²) in [6.45, 7) is 4.75. The van der Waals surface area contributed by atoms with E-state index in [9.17, 15) is 4.79 Å². The zero-order chi connectivity index (χ0) is 18.5. The van der Waals surface area contributed by atoms with E-state index < -0.39 is 0 Å². The van der Waals surface area contributed by atoms with E-state index in [2.05, 4.69) is 10.2 Å². The van der Waals surface area contributed by atoms with Crippen LogP contribution in [0.4, 0.5) is 0 Å². The van der Waals surface area contributed by atoms with Gasteiger partial charge in [0.1, 0.15) is 0 Å². The molecule has 0 saturated carbocycles. The molecule has 1 amide bonds. The maximum absolute atomic E-state index is 12.6. The smallest absolute Gasteiger partial charge is 0.233 e. The molecule has 0 fully saturated rings. The highest BCUT2D eigenvalue weighted by Gasteiger charge is 2.20. The Morgan fingerprint density at radius 2 is 2.00 bits per heavy atom. The maximum atomic E-state index is 12.6. The average Bonchev–Trinajstić information content (AvgIpc) is 3.34. The minimum atomic E-state index is 0.0204. The molecule has 0 N–H and O–H groups in total. The van der Waals surface area contributed by atoms with Gasteiger partial charge in [0.25, 0.3) is 0 Å². The third-order valence-electron chi connectivity index (χ3n) is 4.36. The van der Waals surface area contributed by atoms with Gasteiger partial charge in [0, 0.05) is 13.6 Å². The van der Waals surface area contributed by atoms with Crippen molar-refractivity contribution in [3.8, 4) is 11.6 Å². The number of carbonyl (C=O) groups excluding carboxylic acids is 1. The fourth-order valence-corrected chi connectivity index (χ4v) is 3.59. The van der Waals surface area contributed by atoms with Crippen molar-refractivity contribution >= 4 is 17.7 Å². The Labute approximate surface area is 157 Å². The van der Waals surface area contributed by atoms with Crippen molar-refractivity contribution in [2.24, 2.45) is 0 Å². The molecule has 0 radical (unpaired) electrons. The lowest BCUT2D eigenvalue weighted by Crippen LogP contribution is -2.31. The van der Waals surface area contributed by atoms with E-state index in [1.54, 1.807) is 11.2 Å². The van der Waals surface area contributed by atoms with E-state index in [4.69, 9.17) is 4.42 Å². The van der Waals surface area contributed by atoms with E-state index in [1.807, 2.05) is 67.9 Å². The van der Waals surface area contributed by atoms with Gasteiger partial charge in [0.05, 0.1) is 18.1 Å². The van der Waals surface area contributed by atoms with Crippen molar-refractivity contribution in [1.29, 1.82) is 0 Å². The normalized spacial score (nSPS) is 12.1. The first kappa shape index (κ1) is 18.3. The molecule has 3 rings (SSSR count). The summed E-state index contributed by atoms with van der Waals surface area (Å²) in [6.07, 6.45) is 1.61. The quantitative estimate of drug-likeness (QED) is 0.591. The number of carbonyl (C=O) groups is 1.